The molecular formula is C16H26N2O3. The van der Waals surface area contributed by atoms with Crippen molar-refractivity contribution >= 4 is 5.91 Å². The molecule has 0 aromatic heterocycles. The van der Waals surface area contributed by atoms with E-state index in [2.05, 4.69) is 24.5 Å². The van der Waals surface area contributed by atoms with Gasteiger partial charge in [0.25, 0.3) is 5.91 Å². The number of hydrogen-bond acceptors (Lipinski definition) is 4. The van der Waals surface area contributed by atoms with E-state index < -0.39 is 0 Å². The first-order valence-corrected chi connectivity index (χ1v) is 7.27. The number of hydrogen-bond donors (Lipinski definition) is 2. The Morgan fingerprint density at radius 2 is 2.05 bits per heavy atom. The second kappa shape index (κ2) is 9.23. The fourth-order valence-corrected chi connectivity index (χ4v) is 1.84. The molecule has 5 heteroatoms. The standard InChI is InChI=1S/C16H26N2O3/c1-12(2)7-8-18-16(19)11-21-15-9-13(10-17-3)5-6-14(15)20-4/h5-6,9,12,17H,7-8,10-11H2,1-4H3,(H,18,19). The van der Waals surface area contributed by atoms with Crippen molar-refractivity contribution in [2.45, 2.75) is 26.8 Å². The molecule has 0 spiro atoms. The maximum atomic E-state index is 11.7. The van der Waals surface area contributed by atoms with Crippen molar-refractivity contribution in [3.05, 3.63) is 23.8 Å². The maximum Gasteiger partial charge on any atom is 0.257 e. The van der Waals surface area contributed by atoms with Gasteiger partial charge >= 0.3 is 0 Å². The van der Waals surface area contributed by atoms with Crippen molar-refractivity contribution in [2.75, 3.05) is 27.3 Å². The Hall–Kier alpha value is -1.75. The number of carbonyl (C=O) groups is 1. The molecular weight excluding hydrogens is 268 g/mol. The molecule has 0 aliphatic rings. The summed E-state index contributed by atoms with van der Waals surface area (Å²) in [6.07, 6.45) is 0.965. The van der Waals surface area contributed by atoms with Crippen LogP contribution in [0.2, 0.25) is 0 Å². The number of amides is 1. The lowest BCUT2D eigenvalue weighted by Gasteiger charge is -2.12. The summed E-state index contributed by atoms with van der Waals surface area (Å²) < 4.78 is 10.8. The van der Waals surface area contributed by atoms with E-state index in [4.69, 9.17) is 9.47 Å². The van der Waals surface area contributed by atoms with Crippen molar-refractivity contribution < 1.29 is 14.3 Å². The van der Waals surface area contributed by atoms with Crippen molar-refractivity contribution in [1.29, 1.82) is 0 Å². The lowest BCUT2D eigenvalue weighted by atomic mass is 10.1. The van der Waals surface area contributed by atoms with Gasteiger partial charge in [0.15, 0.2) is 18.1 Å². The van der Waals surface area contributed by atoms with E-state index in [0.29, 0.717) is 24.0 Å². The first-order valence-electron chi connectivity index (χ1n) is 7.27. The Bertz CT molecular complexity index is 447. The van der Waals surface area contributed by atoms with Crippen LogP contribution in [-0.4, -0.2) is 33.2 Å². The van der Waals surface area contributed by atoms with Crippen LogP contribution in [0.25, 0.3) is 0 Å². The highest BCUT2D eigenvalue weighted by Crippen LogP contribution is 2.27. The summed E-state index contributed by atoms with van der Waals surface area (Å²) in [5.74, 6) is 1.68. The fraction of sp³-hybridized carbons (Fsp3) is 0.562. The molecule has 0 aliphatic heterocycles. The fourth-order valence-electron chi connectivity index (χ4n) is 1.84. The van der Waals surface area contributed by atoms with E-state index in [1.807, 2.05) is 25.2 Å². The van der Waals surface area contributed by atoms with Gasteiger partial charge in [-0.3, -0.25) is 4.79 Å². The topological polar surface area (TPSA) is 59.6 Å². The van der Waals surface area contributed by atoms with Crippen molar-refractivity contribution in [2.24, 2.45) is 5.92 Å². The molecule has 0 saturated heterocycles. The van der Waals surface area contributed by atoms with Gasteiger partial charge in [-0.15, -0.1) is 0 Å². The molecule has 1 aromatic carbocycles. The van der Waals surface area contributed by atoms with Gasteiger partial charge in [-0.25, -0.2) is 0 Å². The molecule has 0 unspecified atom stereocenters. The smallest absolute Gasteiger partial charge is 0.257 e. The van der Waals surface area contributed by atoms with Gasteiger partial charge in [-0.2, -0.15) is 0 Å². The average molecular weight is 294 g/mol. The molecule has 21 heavy (non-hydrogen) atoms. The van der Waals surface area contributed by atoms with Crippen LogP contribution in [0.1, 0.15) is 25.8 Å². The maximum absolute atomic E-state index is 11.7. The lowest BCUT2D eigenvalue weighted by molar-refractivity contribution is -0.123. The molecule has 0 fully saturated rings. The largest absolute Gasteiger partial charge is 0.493 e. The quantitative estimate of drug-likeness (QED) is 0.731. The molecule has 0 saturated carbocycles. The van der Waals surface area contributed by atoms with Crippen molar-refractivity contribution in [1.82, 2.24) is 10.6 Å². The highest BCUT2D eigenvalue weighted by Gasteiger charge is 2.08. The second-order valence-electron chi connectivity index (χ2n) is 5.34. The SMILES string of the molecule is CNCc1ccc(OC)c(OCC(=O)NCCC(C)C)c1. The van der Waals surface area contributed by atoms with Crippen LogP contribution in [0.5, 0.6) is 11.5 Å². The summed E-state index contributed by atoms with van der Waals surface area (Å²) in [6.45, 7) is 5.66. The molecule has 2 N–H and O–H groups in total. The lowest BCUT2D eigenvalue weighted by Crippen LogP contribution is -2.30. The molecule has 0 atom stereocenters. The monoisotopic (exact) mass is 294 g/mol. The van der Waals surface area contributed by atoms with Crippen LogP contribution >= 0.6 is 0 Å². The third kappa shape index (κ3) is 6.49. The second-order valence-corrected chi connectivity index (χ2v) is 5.34. The number of benzene rings is 1. The zero-order valence-electron chi connectivity index (χ0n) is 13.4. The van der Waals surface area contributed by atoms with Gasteiger partial charge in [0, 0.05) is 13.1 Å². The van der Waals surface area contributed by atoms with E-state index in [9.17, 15) is 4.79 Å². The summed E-state index contributed by atoms with van der Waals surface area (Å²) in [7, 11) is 3.47. The number of rotatable bonds is 9. The minimum Gasteiger partial charge on any atom is -0.493 e. The van der Waals surface area contributed by atoms with E-state index in [1.165, 1.54) is 0 Å². The van der Waals surface area contributed by atoms with Crippen LogP contribution in [0.3, 0.4) is 0 Å². The van der Waals surface area contributed by atoms with Gasteiger partial charge < -0.3 is 20.1 Å². The molecule has 1 aromatic rings. The predicted molar refractivity (Wildman–Crippen MR) is 83.7 cm³/mol. The normalized spacial score (nSPS) is 10.5. The Labute approximate surface area is 127 Å². The number of carbonyl (C=O) groups excluding carboxylic acids is 1. The Balaban J connectivity index is 2.52. The predicted octanol–water partition coefficient (Wildman–Crippen LogP) is 1.96. The van der Waals surface area contributed by atoms with E-state index in [-0.39, 0.29) is 12.5 Å². The average Bonchev–Trinajstić information content (AvgIpc) is 2.45. The highest BCUT2D eigenvalue weighted by atomic mass is 16.5. The van der Waals surface area contributed by atoms with Crippen LogP contribution in [-0.2, 0) is 11.3 Å². The first kappa shape index (κ1) is 17.3. The molecule has 118 valence electrons. The van der Waals surface area contributed by atoms with Crippen LogP contribution in [0, 0.1) is 5.92 Å². The zero-order chi connectivity index (χ0) is 15.7. The molecule has 1 amide bonds. The zero-order valence-corrected chi connectivity index (χ0v) is 13.4. The molecule has 1 rings (SSSR count). The highest BCUT2D eigenvalue weighted by molar-refractivity contribution is 5.77. The third-order valence-electron chi connectivity index (χ3n) is 3.01. The molecule has 0 radical (unpaired) electrons. The van der Waals surface area contributed by atoms with Crippen LogP contribution in [0.4, 0.5) is 0 Å². The van der Waals surface area contributed by atoms with Gasteiger partial charge in [-0.05, 0) is 37.1 Å². The van der Waals surface area contributed by atoms with E-state index >= 15 is 0 Å². The minimum atomic E-state index is -0.114. The van der Waals surface area contributed by atoms with Gasteiger partial charge in [0.1, 0.15) is 0 Å². The van der Waals surface area contributed by atoms with Gasteiger partial charge in [0.05, 0.1) is 7.11 Å². The Morgan fingerprint density at radius 3 is 2.67 bits per heavy atom. The summed E-state index contributed by atoms with van der Waals surface area (Å²) in [6, 6.07) is 5.69. The Morgan fingerprint density at radius 1 is 1.29 bits per heavy atom. The molecule has 0 aliphatic carbocycles. The third-order valence-corrected chi connectivity index (χ3v) is 3.01. The summed E-state index contributed by atoms with van der Waals surface area (Å²) in [5.41, 5.74) is 1.08. The summed E-state index contributed by atoms with van der Waals surface area (Å²) >= 11 is 0. The molecule has 5 nitrogen and oxygen atoms in total. The van der Waals surface area contributed by atoms with E-state index in [0.717, 1.165) is 18.5 Å². The summed E-state index contributed by atoms with van der Waals surface area (Å²) in [4.78, 5) is 11.7. The van der Waals surface area contributed by atoms with Crippen molar-refractivity contribution in [3.63, 3.8) is 0 Å². The minimum absolute atomic E-state index is 0.00252. The first-order chi connectivity index (χ1) is 10.1. The number of nitrogens with one attached hydrogen (secondary N) is 2. The van der Waals surface area contributed by atoms with Crippen LogP contribution < -0.4 is 20.1 Å². The van der Waals surface area contributed by atoms with Gasteiger partial charge in [-0.1, -0.05) is 19.9 Å². The number of methoxy groups -OCH3 is 1. The van der Waals surface area contributed by atoms with Crippen molar-refractivity contribution in [3.8, 4) is 11.5 Å². The van der Waals surface area contributed by atoms with E-state index in [1.54, 1.807) is 7.11 Å². The van der Waals surface area contributed by atoms with Crippen LogP contribution in [0.15, 0.2) is 18.2 Å². The van der Waals surface area contributed by atoms with Gasteiger partial charge in [0.2, 0.25) is 0 Å². The Kier molecular flexibility index (Phi) is 7.61. The molecule has 0 bridgehead atoms. The summed E-state index contributed by atoms with van der Waals surface area (Å²) in [5, 5.41) is 5.92. The number of ether oxygens (including phenoxy) is 2. The molecule has 0 heterocycles.